The van der Waals surface area contributed by atoms with Crippen LogP contribution >= 0.6 is 0 Å². The quantitative estimate of drug-likeness (QED) is 0.148. The molecule has 0 radical (unpaired) electrons. The first-order valence-electron chi connectivity index (χ1n) is 14.8. The fourth-order valence-corrected chi connectivity index (χ4v) is 6.41. The van der Waals surface area contributed by atoms with E-state index in [0.717, 1.165) is 12.8 Å². The van der Waals surface area contributed by atoms with Gasteiger partial charge in [0.1, 0.15) is 0 Å². The molecule has 1 aromatic heterocycles. The van der Waals surface area contributed by atoms with Crippen LogP contribution in [-0.2, 0) is 21.7 Å². The second kappa shape index (κ2) is 11.8. The number of nitro benzene ring substituents is 1. The van der Waals surface area contributed by atoms with Gasteiger partial charge in [-0.25, -0.2) is 4.68 Å². The third kappa shape index (κ3) is 5.21. The molecule has 0 aliphatic carbocycles. The summed E-state index contributed by atoms with van der Waals surface area (Å²) in [5.74, 6) is -1.66. The lowest BCUT2D eigenvalue weighted by Gasteiger charge is -2.28. The maximum Gasteiger partial charge on any atom is 0.279 e. The number of amides is 2. The molecule has 0 saturated carbocycles. The van der Waals surface area contributed by atoms with Crippen molar-refractivity contribution in [2.75, 3.05) is 18.1 Å². The van der Waals surface area contributed by atoms with Gasteiger partial charge < -0.3 is 20.0 Å². The molecule has 0 spiro atoms. The first kappa shape index (κ1) is 30.0. The lowest BCUT2D eigenvalue weighted by molar-refractivity contribution is -0.385. The molecule has 3 N–H and O–H groups in total. The number of benzene rings is 3. The number of likely N-dealkylation sites (tertiary alicyclic amines) is 1. The molecule has 1 fully saturated rings. The van der Waals surface area contributed by atoms with Crippen molar-refractivity contribution in [1.82, 2.24) is 14.7 Å². The molecule has 12 nitrogen and oxygen atoms in total. The van der Waals surface area contributed by atoms with Crippen LogP contribution in [0.1, 0.15) is 37.3 Å². The van der Waals surface area contributed by atoms with Crippen LogP contribution < -0.4 is 10.5 Å². The lowest BCUT2D eigenvalue weighted by atomic mass is 9.82. The number of aliphatic hydroxyl groups excluding tert-OH is 1. The number of nitrogens with zero attached hydrogens (tertiary/aromatic N) is 4. The largest absolute Gasteiger partial charge is 0.394 e. The van der Waals surface area contributed by atoms with Gasteiger partial charge in [-0.3, -0.25) is 29.6 Å². The van der Waals surface area contributed by atoms with Crippen LogP contribution in [0.5, 0.6) is 0 Å². The summed E-state index contributed by atoms with van der Waals surface area (Å²) in [7, 11) is 0. The number of carbonyl (C=O) groups excluding carboxylic acids is 2. The Bertz CT molecular complexity index is 1900. The highest BCUT2D eigenvalue weighted by molar-refractivity contribution is 6.07. The Morgan fingerprint density at radius 2 is 1.96 bits per heavy atom. The standard InChI is InChI=1S/C33H33N5O7/c1-21(7-4-13-30(40)35-16-6-10-25(35)20-39)33(43)27-18-24(38(44)45)14-15-29(27)36(32(33)42)19-22-8-5-9-23(17-22)37-31(41)26-11-2-3-12-28(26)34-37/h2-5,7-9,11-12,14-15,17-18,21,25,34,39,43H,6,10,13,16,19-20H2,1H3/b7-4+/t21-,25+,33+/m1/s1. The lowest BCUT2D eigenvalue weighted by Crippen LogP contribution is -2.44. The molecule has 6 rings (SSSR count). The van der Waals surface area contributed by atoms with Gasteiger partial charge in [0.15, 0.2) is 5.60 Å². The van der Waals surface area contributed by atoms with Crippen molar-refractivity contribution in [3.63, 3.8) is 0 Å². The summed E-state index contributed by atoms with van der Waals surface area (Å²) >= 11 is 0. The maximum absolute atomic E-state index is 14.0. The molecule has 2 amide bonds. The fourth-order valence-electron chi connectivity index (χ4n) is 6.41. The minimum atomic E-state index is -2.13. The van der Waals surface area contributed by atoms with E-state index in [4.69, 9.17) is 0 Å². The molecule has 1 saturated heterocycles. The Morgan fingerprint density at radius 3 is 2.71 bits per heavy atom. The second-order valence-corrected chi connectivity index (χ2v) is 11.6. The molecular weight excluding hydrogens is 578 g/mol. The number of nitrogens with one attached hydrogen (secondary N) is 1. The summed E-state index contributed by atoms with van der Waals surface area (Å²) in [6.07, 6.45) is 4.75. The molecule has 4 aromatic rings. The highest BCUT2D eigenvalue weighted by Gasteiger charge is 2.53. The molecular formula is C33H33N5O7. The van der Waals surface area contributed by atoms with E-state index in [0.29, 0.717) is 34.4 Å². The smallest absolute Gasteiger partial charge is 0.279 e. The number of hydrogen-bond acceptors (Lipinski definition) is 7. The van der Waals surface area contributed by atoms with Gasteiger partial charge in [-0.2, -0.15) is 0 Å². The average Bonchev–Trinajstić information content (AvgIpc) is 3.72. The zero-order valence-electron chi connectivity index (χ0n) is 24.6. The Labute approximate surface area is 257 Å². The van der Waals surface area contributed by atoms with Crippen molar-refractivity contribution in [1.29, 1.82) is 0 Å². The Hall–Kier alpha value is -5.07. The fraction of sp³-hybridized carbons (Fsp3) is 0.303. The number of aromatic amines is 1. The third-order valence-electron chi connectivity index (χ3n) is 8.85. The Morgan fingerprint density at radius 1 is 1.16 bits per heavy atom. The zero-order chi connectivity index (χ0) is 31.9. The number of aromatic nitrogens is 2. The number of rotatable bonds is 9. The van der Waals surface area contributed by atoms with Crippen LogP contribution in [0.3, 0.4) is 0 Å². The number of aliphatic hydroxyl groups is 2. The van der Waals surface area contributed by atoms with Gasteiger partial charge in [0.2, 0.25) is 5.91 Å². The summed E-state index contributed by atoms with van der Waals surface area (Å²) in [6, 6.07) is 18.0. The summed E-state index contributed by atoms with van der Waals surface area (Å²) in [6.45, 7) is 2.12. The van der Waals surface area contributed by atoms with Crippen molar-refractivity contribution < 1.29 is 24.7 Å². The topological polar surface area (TPSA) is 162 Å². The number of nitro groups is 1. The SMILES string of the molecule is C[C@H](/C=C/CC(=O)N1CCC[C@H]1CO)[C@@]1(O)C(=O)N(Cc2cccc(-n3[nH]c4ccccc4c3=O)c2)c2ccc([N+](=O)[O-])cc21. The zero-order valence-corrected chi connectivity index (χ0v) is 24.6. The van der Waals surface area contributed by atoms with Crippen LogP contribution in [0, 0.1) is 16.0 Å². The van der Waals surface area contributed by atoms with Crippen molar-refractivity contribution in [3.05, 3.63) is 110 Å². The summed E-state index contributed by atoms with van der Waals surface area (Å²) < 4.78 is 1.42. The van der Waals surface area contributed by atoms with Crippen LogP contribution in [0.2, 0.25) is 0 Å². The normalized spacial score (nSPS) is 20.3. The Balaban J connectivity index is 1.29. The van der Waals surface area contributed by atoms with Crippen molar-refractivity contribution in [3.8, 4) is 5.69 Å². The number of anilines is 1. The van der Waals surface area contributed by atoms with E-state index >= 15 is 0 Å². The predicted molar refractivity (Wildman–Crippen MR) is 167 cm³/mol. The molecule has 3 aromatic carbocycles. The molecule has 2 aliphatic rings. The van der Waals surface area contributed by atoms with Crippen LogP contribution in [-0.4, -0.2) is 60.8 Å². The van der Waals surface area contributed by atoms with Crippen molar-refractivity contribution in [2.24, 2.45) is 5.92 Å². The van der Waals surface area contributed by atoms with E-state index < -0.39 is 22.3 Å². The first-order chi connectivity index (χ1) is 21.6. The monoisotopic (exact) mass is 611 g/mol. The number of hydrogen-bond donors (Lipinski definition) is 3. The third-order valence-corrected chi connectivity index (χ3v) is 8.85. The molecule has 0 bridgehead atoms. The second-order valence-electron chi connectivity index (χ2n) is 11.6. The summed E-state index contributed by atoms with van der Waals surface area (Å²) in [5.41, 5.74) is -0.275. The van der Waals surface area contributed by atoms with E-state index in [9.17, 15) is 34.7 Å². The molecule has 12 heteroatoms. The van der Waals surface area contributed by atoms with Crippen LogP contribution in [0.15, 0.2) is 83.7 Å². The molecule has 2 aliphatic heterocycles. The number of H-pyrrole nitrogens is 1. The van der Waals surface area contributed by atoms with Gasteiger partial charge in [-0.1, -0.05) is 43.3 Å². The van der Waals surface area contributed by atoms with Gasteiger partial charge in [0.25, 0.3) is 17.2 Å². The van der Waals surface area contributed by atoms with Gasteiger partial charge >= 0.3 is 0 Å². The van der Waals surface area contributed by atoms with E-state index in [1.165, 1.54) is 27.8 Å². The van der Waals surface area contributed by atoms with Gasteiger partial charge in [-0.15, -0.1) is 0 Å². The number of para-hydroxylation sites is 1. The molecule has 3 heterocycles. The Kier molecular flexibility index (Phi) is 7.85. The minimum absolute atomic E-state index is 0.0243. The summed E-state index contributed by atoms with van der Waals surface area (Å²) in [5, 5.41) is 36.8. The van der Waals surface area contributed by atoms with E-state index in [2.05, 4.69) is 5.10 Å². The van der Waals surface area contributed by atoms with Gasteiger partial charge in [0, 0.05) is 36.6 Å². The van der Waals surface area contributed by atoms with Gasteiger partial charge in [-0.05, 0) is 48.7 Å². The minimum Gasteiger partial charge on any atom is -0.394 e. The number of fused-ring (bicyclic) bond motifs is 2. The molecule has 45 heavy (non-hydrogen) atoms. The predicted octanol–water partition coefficient (Wildman–Crippen LogP) is 3.53. The highest BCUT2D eigenvalue weighted by atomic mass is 16.6. The maximum atomic E-state index is 14.0. The summed E-state index contributed by atoms with van der Waals surface area (Å²) in [4.78, 5) is 53.9. The molecule has 232 valence electrons. The van der Waals surface area contributed by atoms with E-state index in [1.807, 2.05) is 6.07 Å². The van der Waals surface area contributed by atoms with E-state index in [1.54, 1.807) is 66.4 Å². The first-order valence-corrected chi connectivity index (χ1v) is 14.8. The van der Waals surface area contributed by atoms with E-state index in [-0.39, 0.29) is 48.3 Å². The molecule has 0 unspecified atom stereocenters. The van der Waals surface area contributed by atoms with Crippen LogP contribution in [0.4, 0.5) is 11.4 Å². The van der Waals surface area contributed by atoms with Crippen LogP contribution in [0.25, 0.3) is 16.6 Å². The average molecular weight is 612 g/mol. The highest BCUT2D eigenvalue weighted by Crippen LogP contribution is 2.47. The van der Waals surface area contributed by atoms with Crippen molar-refractivity contribution in [2.45, 2.75) is 44.4 Å². The number of carbonyl (C=O) groups is 2. The molecule has 3 atom stereocenters. The van der Waals surface area contributed by atoms with Crippen molar-refractivity contribution >= 4 is 34.1 Å². The number of non-ortho nitro benzene ring substituents is 1. The van der Waals surface area contributed by atoms with Gasteiger partial charge in [0.05, 0.1) is 46.4 Å².